The van der Waals surface area contributed by atoms with E-state index < -0.39 is 0 Å². The molecule has 0 spiro atoms. The summed E-state index contributed by atoms with van der Waals surface area (Å²) in [5, 5.41) is 3.65. The molecule has 19 heavy (non-hydrogen) atoms. The third kappa shape index (κ3) is 3.11. The van der Waals surface area contributed by atoms with Crippen molar-refractivity contribution in [3.8, 4) is 0 Å². The highest BCUT2D eigenvalue weighted by atomic mass is 79.9. The molecule has 3 rings (SSSR count). The van der Waals surface area contributed by atoms with Gasteiger partial charge in [-0.25, -0.2) is 4.98 Å². The van der Waals surface area contributed by atoms with Gasteiger partial charge in [0.05, 0.1) is 4.47 Å². The van der Waals surface area contributed by atoms with Crippen molar-refractivity contribution in [2.75, 3.05) is 18.0 Å². The van der Waals surface area contributed by atoms with E-state index >= 15 is 0 Å². The van der Waals surface area contributed by atoms with Gasteiger partial charge in [-0.1, -0.05) is 6.42 Å². The number of pyridine rings is 1. The summed E-state index contributed by atoms with van der Waals surface area (Å²) >= 11 is 3.72. The van der Waals surface area contributed by atoms with Gasteiger partial charge in [0, 0.05) is 24.8 Å². The lowest BCUT2D eigenvalue weighted by Gasteiger charge is -2.32. The Bertz CT molecular complexity index is 439. The molecule has 1 aromatic rings. The van der Waals surface area contributed by atoms with Crippen molar-refractivity contribution in [1.82, 2.24) is 10.3 Å². The Morgan fingerprint density at radius 2 is 2.21 bits per heavy atom. The lowest BCUT2D eigenvalue weighted by molar-refractivity contribution is 0.397. The molecule has 1 saturated carbocycles. The zero-order valence-electron chi connectivity index (χ0n) is 11.5. The number of hydrogen-bond acceptors (Lipinski definition) is 3. The van der Waals surface area contributed by atoms with E-state index in [1.165, 1.54) is 44.2 Å². The van der Waals surface area contributed by atoms with Crippen molar-refractivity contribution in [3.05, 3.63) is 22.3 Å². The van der Waals surface area contributed by atoms with Crippen molar-refractivity contribution in [2.24, 2.45) is 0 Å². The first-order valence-corrected chi connectivity index (χ1v) is 8.16. The largest absolute Gasteiger partial charge is 0.351 e. The van der Waals surface area contributed by atoms with Crippen LogP contribution in [0.5, 0.6) is 0 Å². The van der Waals surface area contributed by atoms with Crippen LogP contribution >= 0.6 is 15.9 Å². The molecule has 1 aromatic heterocycles. The number of nitrogens with zero attached hydrogens (tertiary/aromatic N) is 2. The summed E-state index contributed by atoms with van der Waals surface area (Å²) in [5.74, 6) is 1.13. The predicted octanol–water partition coefficient (Wildman–Crippen LogP) is 3.26. The van der Waals surface area contributed by atoms with Crippen LogP contribution in [-0.4, -0.2) is 30.2 Å². The number of piperidine rings is 1. The fraction of sp³-hybridized carbons (Fsp3) is 0.667. The quantitative estimate of drug-likeness (QED) is 0.921. The molecule has 1 aliphatic heterocycles. The van der Waals surface area contributed by atoms with Crippen LogP contribution in [0.15, 0.2) is 16.7 Å². The van der Waals surface area contributed by atoms with Crippen LogP contribution in [0.2, 0.25) is 0 Å². The molecule has 1 saturated heterocycles. The molecule has 1 N–H and O–H groups in total. The van der Waals surface area contributed by atoms with Crippen molar-refractivity contribution >= 4 is 21.7 Å². The summed E-state index contributed by atoms with van der Waals surface area (Å²) in [6, 6.07) is 3.40. The second-order valence-electron chi connectivity index (χ2n) is 5.80. The summed E-state index contributed by atoms with van der Waals surface area (Å²) in [6.07, 6.45) is 8.54. The van der Waals surface area contributed by atoms with Gasteiger partial charge in [0.25, 0.3) is 0 Å². The Hall–Kier alpha value is -0.610. The molecule has 4 heteroatoms. The van der Waals surface area contributed by atoms with Crippen LogP contribution < -0.4 is 10.2 Å². The molecular formula is C15H22BrN3. The number of nitrogens with one attached hydrogen (secondary N) is 1. The topological polar surface area (TPSA) is 28.2 Å². The predicted molar refractivity (Wildman–Crippen MR) is 82.7 cm³/mol. The second kappa shape index (κ2) is 5.80. The highest BCUT2D eigenvalue weighted by Crippen LogP contribution is 2.36. The third-order valence-corrected chi connectivity index (χ3v) is 5.13. The van der Waals surface area contributed by atoms with Gasteiger partial charge in [0.1, 0.15) is 5.82 Å². The minimum Gasteiger partial charge on any atom is -0.351 e. The van der Waals surface area contributed by atoms with E-state index in [2.05, 4.69) is 44.1 Å². The standard InChI is InChI=1S/C15H22BrN3/c1-11-7-9-18-15(14(11)16)19(13-5-6-13)10-12-4-2-3-8-17-12/h7,9,12-13,17H,2-6,8,10H2,1H3. The average molecular weight is 324 g/mol. The van der Waals surface area contributed by atoms with Crippen LogP contribution in [0.1, 0.15) is 37.7 Å². The molecule has 2 heterocycles. The summed E-state index contributed by atoms with van der Waals surface area (Å²) < 4.78 is 1.16. The van der Waals surface area contributed by atoms with Gasteiger partial charge in [-0.3, -0.25) is 0 Å². The normalized spacial score (nSPS) is 23.4. The van der Waals surface area contributed by atoms with Gasteiger partial charge in [0.2, 0.25) is 0 Å². The Balaban J connectivity index is 1.78. The molecule has 0 radical (unpaired) electrons. The fourth-order valence-electron chi connectivity index (χ4n) is 2.84. The van der Waals surface area contributed by atoms with E-state index in [1.54, 1.807) is 0 Å². The van der Waals surface area contributed by atoms with Crippen molar-refractivity contribution in [2.45, 2.75) is 51.1 Å². The van der Waals surface area contributed by atoms with Gasteiger partial charge < -0.3 is 10.2 Å². The molecule has 1 aliphatic carbocycles. The monoisotopic (exact) mass is 323 g/mol. The van der Waals surface area contributed by atoms with Crippen LogP contribution in [0.4, 0.5) is 5.82 Å². The minimum atomic E-state index is 0.628. The van der Waals surface area contributed by atoms with E-state index in [4.69, 9.17) is 0 Å². The molecule has 1 atom stereocenters. The summed E-state index contributed by atoms with van der Waals surface area (Å²) in [6.45, 7) is 4.41. The van der Waals surface area contributed by atoms with Crippen LogP contribution in [0, 0.1) is 6.92 Å². The summed E-state index contributed by atoms with van der Waals surface area (Å²) in [5.41, 5.74) is 1.27. The van der Waals surface area contributed by atoms with Crippen LogP contribution in [0.3, 0.4) is 0 Å². The smallest absolute Gasteiger partial charge is 0.143 e. The van der Waals surface area contributed by atoms with Gasteiger partial charge in [0.15, 0.2) is 0 Å². The Labute approximate surface area is 123 Å². The van der Waals surface area contributed by atoms with Crippen LogP contribution in [0.25, 0.3) is 0 Å². The van der Waals surface area contributed by atoms with Gasteiger partial charge in [-0.05, 0) is 66.7 Å². The molecule has 104 valence electrons. The average Bonchev–Trinajstić information content (AvgIpc) is 3.25. The number of aromatic nitrogens is 1. The highest BCUT2D eigenvalue weighted by molar-refractivity contribution is 9.10. The van der Waals surface area contributed by atoms with E-state index in [9.17, 15) is 0 Å². The maximum atomic E-state index is 4.62. The first-order valence-electron chi connectivity index (χ1n) is 7.37. The van der Waals surface area contributed by atoms with Gasteiger partial charge in [-0.2, -0.15) is 0 Å². The molecule has 2 fully saturated rings. The number of rotatable bonds is 4. The van der Waals surface area contributed by atoms with E-state index in [0.717, 1.165) is 16.8 Å². The summed E-state index contributed by atoms with van der Waals surface area (Å²) in [7, 11) is 0. The zero-order chi connectivity index (χ0) is 13.2. The lowest BCUT2D eigenvalue weighted by atomic mass is 10.0. The Morgan fingerprint density at radius 3 is 2.89 bits per heavy atom. The molecule has 3 nitrogen and oxygen atoms in total. The van der Waals surface area contributed by atoms with Gasteiger partial charge in [-0.15, -0.1) is 0 Å². The van der Waals surface area contributed by atoms with Crippen LogP contribution in [-0.2, 0) is 0 Å². The number of anilines is 1. The first-order chi connectivity index (χ1) is 9.25. The number of hydrogen-bond donors (Lipinski definition) is 1. The molecule has 0 bridgehead atoms. The molecule has 2 aliphatic rings. The Morgan fingerprint density at radius 1 is 1.37 bits per heavy atom. The van der Waals surface area contributed by atoms with E-state index in [1.807, 2.05) is 6.20 Å². The first kappa shape index (κ1) is 13.4. The number of aryl methyl sites for hydroxylation is 1. The van der Waals surface area contributed by atoms with E-state index in [-0.39, 0.29) is 0 Å². The molecular weight excluding hydrogens is 302 g/mol. The highest BCUT2D eigenvalue weighted by Gasteiger charge is 2.33. The van der Waals surface area contributed by atoms with Crippen molar-refractivity contribution in [1.29, 1.82) is 0 Å². The maximum Gasteiger partial charge on any atom is 0.143 e. The fourth-order valence-corrected chi connectivity index (χ4v) is 3.30. The zero-order valence-corrected chi connectivity index (χ0v) is 13.1. The number of halogens is 1. The van der Waals surface area contributed by atoms with E-state index in [0.29, 0.717) is 12.1 Å². The second-order valence-corrected chi connectivity index (χ2v) is 6.59. The molecule has 0 aromatic carbocycles. The summed E-state index contributed by atoms with van der Waals surface area (Å²) in [4.78, 5) is 7.13. The Kier molecular flexibility index (Phi) is 4.08. The third-order valence-electron chi connectivity index (χ3n) is 4.15. The maximum absolute atomic E-state index is 4.62. The van der Waals surface area contributed by atoms with Crippen molar-refractivity contribution < 1.29 is 0 Å². The molecule has 1 unspecified atom stereocenters. The van der Waals surface area contributed by atoms with Gasteiger partial charge >= 0.3 is 0 Å². The SMILES string of the molecule is Cc1ccnc(N(CC2CCCCN2)C2CC2)c1Br. The lowest BCUT2D eigenvalue weighted by Crippen LogP contribution is -2.45. The van der Waals surface area contributed by atoms with Crippen molar-refractivity contribution in [3.63, 3.8) is 0 Å². The molecule has 0 amide bonds. The minimum absolute atomic E-state index is 0.628.